The lowest BCUT2D eigenvalue weighted by Crippen LogP contribution is -2.15. The van der Waals surface area contributed by atoms with Crippen LogP contribution in [0.4, 0.5) is 17.1 Å². The number of rotatable bonds is 8. The second kappa shape index (κ2) is 9.26. The number of anilines is 2. The zero-order chi connectivity index (χ0) is 22.4. The minimum atomic E-state index is -4.15. The molecule has 9 nitrogen and oxygen atoms in total. The van der Waals surface area contributed by atoms with Gasteiger partial charge in [-0.3, -0.25) is 20.3 Å². The Morgan fingerprint density at radius 2 is 1.77 bits per heavy atom. The van der Waals surface area contributed by atoms with Crippen LogP contribution in [0.25, 0.3) is 0 Å². The van der Waals surface area contributed by atoms with Gasteiger partial charge in [-0.15, -0.1) is 0 Å². The van der Waals surface area contributed by atoms with E-state index in [4.69, 9.17) is 4.74 Å². The first-order chi connectivity index (χ1) is 14.8. The van der Waals surface area contributed by atoms with Crippen LogP contribution in [0, 0.1) is 17.0 Å². The zero-order valence-corrected chi connectivity index (χ0v) is 17.6. The maximum absolute atomic E-state index is 13.0. The van der Waals surface area contributed by atoms with Crippen molar-refractivity contribution >= 4 is 33.3 Å². The minimum Gasteiger partial charge on any atom is -0.497 e. The average molecular weight is 440 g/mol. The predicted octanol–water partition coefficient (Wildman–Crippen LogP) is 4.16. The fourth-order valence-corrected chi connectivity index (χ4v) is 3.95. The standard InChI is InChI=1S/C21H20N4O5S/c1-15-5-3-4-6-16(15)14-22-23-20-12-9-18(25(26)27)13-21(20)31(28,29)24-17-7-10-19(30-2)11-8-17/h3-14,23-24H,1-2H3/b22-14+. The van der Waals surface area contributed by atoms with Crippen molar-refractivity contribution in [1.29, 1.82) is 0 Å². The van der Waals surface area contributed by atoms with Gasteiger partial charge in [0.15, 0.2) is 0 Å². The highest BCUT2D eigenvalue weighted by molar-refractivity contribution is 7.92. The molecule has 0 spiro atoms. The summed E-state index contributed by atoms with van der Waals surface area (Å²) < 4.78 is 33.4. The summed E-state index contributed by atoms with van der Waals surface area (Å²) in [6.45, 7) is 1.92. The van der Waals surface area contributed by atoms with Crippen molar-refractivity contribution in [3.8, 4) is 5.75 Å². The van der Waals surface area contributed by atoms with Crippen LogP contribution in [0.15, 0.2) is 76.7 Å². The molecule has 0 fully saturated rings. The molecule has 10 heteroatoms. The molecule has 0 aliphatic heterocycles. The van der Waals surface area contributed by atoms with Crippen molar-refractivity contribution in [3.05, 3.63) is 88.0 Å². The van der Waals surface area contributed by atoms with Crippen molar-refractivity contribution in [3.63, 3.8) is 0 Å². The van der Waals surface area contributed by atoms with Crippen LogP contribution < -0.4 is 14.9 Å². The van der Waals surface area contributed by atoms with Gasteiger partial charge in [-0.2, -0.15) is 5.10 Å². The van der Waals surface area contributed by atoms with Crippen LogP contribution in [0.3, 0.4) is 0 Å². The summed E-state index contributed by atoms with van der Waals surface area (Å²) >= 11 is 0. The number of hydrogen-bond acceptors (Lipinski definition) is 7. The number of benzene rings is 3. The van der Waals surface area contributed by atoms with E-state index in [0.29, 0.717) is 5.75 Å². The van der Waals surface area contributed by atoms with Gasteiger partial charge < -0.3 is 4.74 Å². The number of hydrogen-bond donors (Lipinski definition) is 2. The summed E-state index contributed by atoms with van der Waals surface area (Å²) in [5, 5.41) is 15.3. The number of hydrazone groups is 1. The summed E-state index contributed by atoms with van der Waals surface area (Å²) in [6, 6.07) is 17.3. The molecule has 0 aliphatic rings. The van der Waals surface area contributed by atoms with E-state index in [1.54, 1.807) is 18.3 Å². The Kier molecular flexibility index (Phi) is 6.51. The molecule has 0 saturated carbocycles. The summed E-state index contributed by atoms with van der Waals surface area (Å²) in [6.07, 6.45) is 1.55. The van der Waals surface area contributed by atoms with Crippen molar-refractivity contribution < 1.29 is 18.1 Å². The summed E-state index contributed by atoms with van der Waals surface area (Å²) in [7, 11) is -2.66. The van der Waals surface area contributed by atoms with E-state index < -0.39 is 14.9 Å². The molecule has 0 unspecified atom stereocenters. The number of nitrogens with one attached hydrogen (secondary N) is 2. The first-order valence-electron chi connectivity index (χ1n) is 9.10. The van der Waals surface area contributed by atoms with Crippen molar-refractivity contribution in [2.24, 2.45) is 5.10 Å². The number of ether oxygens (including phenoxy) is 1. The van der Waals surface area contributed by atoms with E-state index in [0.717, 1.165) is 17.2 Å². The Bertz CT molecular complexity index is 1220. The van der Waals surface area contributed by atoms with Crippen LogP contribution in [-0.2, 0) is 10.0 Å². The third-order valence-electron chi connectivity index (χ3n) is 4.38. The van der Waals surface area contributed by atoms with Gasteiger partial charge in [-0.1, -0.05) is 24.3 Å². The van der Waals surface area contributed by atoms with Crippen molar-refractivity contribution in [2.45, 2.75) is 11.8 Å². The van der Waals surface area contributed by atoms with E-state index in [9.17, 15) is 18.5 Å². The molecule has 0 heterocycles. The molecule has 2 N–H and O–H groups in total. The van der Waals surface area contributed by atoms with Crippen molar-refractivity contribution in [1.82, 2.24) is 0 Å². The summed E-state index contributed by atoms with van der Waals surface area (Å²) in [4.78, 5) is 10.2. The number of aryl methyl sites for hydroxylation is 1. The Hall–Kier alpha value is -3.92. The van der Waals surface area contributed by atoms with Crippen LogP contribution in [0.2, 0.25) is 0 Å². The molecule has 3 aromatic carbocycles. The molecule has 0 aliphatic carbocycles. The Morgan fingerprint density at radius 3 is 2.42 bits per heavy atom. The molecule has 0 atom stereocenters. The number of sulfonamides is 1. The van der Waals surface area contributed by atoms with Gasteiger partial charge in [0.25, 0.3) is 15.7 Å². The van der Waals surface area contributed by atoms with E-state index in [1.807, 2.05) is 31.2 Å². The van der Waals surface area contributed by atoms with Gasteiger partial charge in [0, 0.05) is 17.8 Å². The molecule has 0 amide bonds. The van der Waals surface area contributed by atoms with Crippen LogP contribution in [-0.4, -0.2) is 26.7 Å². The van der Waals surface area contributed by atoms with E-state index in [2.05, 4.69) is 15.2 Å². The summed E-state index contributed by atoms with van der Waals surface area (Å²) in [5.41, 5.74) is 4.52. The van der Waals surface area contributed by atoms with Gasteiger partial charge in [-0.25, -0.2) is 8.42 Å². The number of non-ortho nitro benzene ring substituents is 1. The topological polar surface area (TPSA) is 123 Å². The van der Waals surface area contributed by atoms with E-state index in [-0.39, 0.29) is 22.0 Å². The molecule has 0 radical (unpaired) electrons. The second-order valence-electron chi connectivity index (χ2n) is 6.50. The molecule has 160 valence electrons. The largest absolute Gasteiger partial charge is 0.497 e. The van der Waals surface area contributed by atoms with Crippen LogP contribution >= 0.6 is 0 Å². The van der Waals surface area contributed by atoms with Gasteiger partial charge in [0.1, 0.15) is 10.6 Å². The fourth-order valence-electron chi connectivity index (χ4n) is 2.71. The van der Waals surface area contributed by atoms with Gasteiger partial charge >= 0.3 is 0 Å². The Balaban J connectivity index is 1.93. The number of nitro benzene ring substituents is 1. The lowest BCUT2D eigenvalue weighted by molar-refractivity contribution is -0.385. The third kappa shape index (κ3) is 5.37. The number of nitro groups is 1. The summed E-state index contributed by atoms with van der Waals surface area (Å²) in [5.74, 6) is 0.561. The van der Waals surface area contributed by atoms with Crippen molar-refractivity contribution in [2.75, 3.05) is 17.3 Å². The minimum absolute atomic E-state index is 0.0939. The lowest BCUT2D eigenvalue weighted by atomic mass is 10.1. The molecule has 0 bridgehead atoms. The van der Waals surface area contributed by atoms with Gasteiger partial charge in [0.05, 0.1) is 23.9 Å². The highest BCUT2D eigenvalue weighted by Crippen LogP contribution is 2.28. The maximum Gasteiger partial charge on any atom is 0.270 e. The molecular formula is C21H20N4O5S. The first-order valence-corrected chi connectivity index (χ1v) is 10.6. The SMILES string of the molecule is COc1ccc(NS(=O)(=O)c2cc([N+](=O)[O-])ccc2N/N=C/c2ccccc2C)cc1. The Labute approximate surface area is 179 Å². The van der Waals surface area contributed by atoms with Gasteiger partial charge in [0.2, 0.25) is 0 Å². The first kappa shape index (κ1) is 21.8. The third-order valence-corrected chi connectivity index (χ3v) is 5.81. The second-order valence-corrected chi connectivity index (χ2v) is 8.15. The van der Waals surface area contributed by atoms with E-state index >= 15 is 0 Å². The Morgan fingerprint density at radius 1 is 1.06 bits per heavy atom. The average Bonchev–Trinajstić information content (AvgIpc) is 2.75. The lowest BCUT2D eigenvalue weighted by Gasteiger charge is -2.12. The normalized spacial score (nSPS) is 11.3. The number of nitrogens with zero attached hydrogens (tertiary/aromatic N) is 2. The van der Waals surface area contributed by atoms with Crippen LogP contribution in [0.1, 0.15) is 11.1 Å². The molecule has 31 heavy (non-hydrogen) atoms. The molecule has 3 rings (SSSR count). The molecule has 0 saturated heterocycles. The molecule has 3 aromatic rings. The smallest absolute Gasteiger partial charge is 0.270 e. The van der Waals surface area contributed by atoms with Crippen LogP contribution in [0.5, 0.6) is 5.75 Å². The van der Waals surface area contributed by atoms with Gasteiger partial charge in [-0.05, 0) is 48.4 Å². The molecule has 0 aromatic heterocycles. The predicted molar refractivity (Wildman–Crippen MR) is 119 cm³/mol. The highest BCUT2D eigenvalue weighted by Gasteiger charge is 2.22. The number of methoxy groups -OCH3 is 1. The highest BCUT2D eigenvalue weighted by atomic mass is 32.2. The monoisotopic (exact) mass is 440 g/mol. The fraction of sp³-hybridized carbons (Fsp3) is 0.0952. The maximum atomic E-state index is 13.0. The van der Waals surface area contributed by atoms with E-state index in [1.165, 1.54) is 31.4 Å². The zero-order valence-electron chi connectivity index (χ0n) is 16.8. The molecular weight excluding hydrogens is 420 g/mol. The quantitative estimate of drug-likeness (QED) is 0.308.